The van der Waals surface area contributed by atoms with Crippen molar-refractivity contribution in [3.8, 4) is 0 Å². The molecule has 28 heavy (non-hydrogen) atoms. The van der Waals surface area contributed by atoms with Crippen LogP contribution in [0.3, 0.4) is 0 Å². The molecule has 6 nitrogen and oxygen atoms in total. The molecule has 1 N–H and O–H groups in total. The van der Waals surface area contributed by atoms with Gasteiger partial charge in [-0.25, -0.2) is 14.8 Å². The molecule has 1 atom stereocenters. The molecule has 0 spiro atoms. The second-order valence-electron chi connectivity index (χ2n) is 7.60. The molecule has 2 rings (SSSR count). The summed E-state index contributed by atoms with van der Waals surface area (Å²) in [4.78, 5) is 21.5. The molecule has 1 saturated carbocycles. The lowest BCUT2D eigenvalue weighted by molar-refractivity contribution is -0.138. The second kappa shape index (κ2) is 9.93. The molecule has 9 heteroatoms. The van der Waals surface area contributed by atoms with Crippen molar-refractivity contribution < 1.29 is 22.7 Å². The highest BCUT2D eigenvalue weighted by Crippen LogP contribution is 2.31. The number of amides is 1. The number of rotatable bonds is 6. The molecule has 0 unspecified atom stereocenters. The van der Waals surface area contributed by atoms with Crippen molar-refractivity contribution in [1.82, 2.24) is 14.9 Å². The van der Waals surface area contributed by atoms with Crippen molar-refractivity contribution in [2.24, 2.45) is 5.92 Å². The van der Waals surface area contributed by atoms with Gasteiger partial charge in [-0.1, -0.05) is 13.8 Å². The Morgan fingerprint density at radius 3 is 2.21 bits per heavy atom. The van der Waals surface area contributed by atoms with Crippen molar-refractivity contribution in [1.29, 1.82) is 0 Å². The van der Waals surface area contributed by atoms with Crippen molar-refractivity contribution in [2.75, 3.05) is 18.4 Å². The number of ether oxygens (including phenoxy) is 1. The summed E-state index contributed by atoms with van der Waals surface area (Å²) in [5, 5.41) is 2.88. The Bertz CT molecular complexity index is 611. The number of nitrogens with one attached hydrogen (secondary N) is 1. The van der Waals surface area contributed by atoms with Crippen molar-refractivity contribution in [3.63, 3.8) is 0 Å². The molecular formula is C19H31F3N4O2. The molecule has 0 aromatic carbocycles. The Morgan fingerprint density at radius 2 is 1.79 bits per heavy atom. The highest BCUT2D eigenvalue weighted by atomic mass is 19.4. The Hall–Kier alpha value is -2.06. The minimum atomic E-state index is -4.47. The molecule has 1 aliphatic carbocycles. The van der Waals surface area contributed by atoms with E-state index in [0.717, 1.165) is 25.2 Å². The third-order valence-electron chi connectivity index (χ3n) is 3.85. The van der Waals surface area contributed by atoms with Crippen LogP contribution in [-0.2, 0) is 10.9 Å². The second-order valence-corrected chi connectivity index (χ2v) is 7.60. The van der Waals surface area contributed by atoms with Crippen LogP contribution in [0.1, 0.15) is 59.9 Å². The lowest BCUT2D eigenvalue weighted by Gasteiger charge is -2.32. The molecule has 0 bridgehead atoms. The van der Waals surface area contributed by atoms with Gasteiger partial charge >= 0.3 is 12.3 Å². The number of halogens is 3. The van der Waals surface area contributed by atoms with Crippen LogP contribution in [0.15, 0.2) is 12.4 Å². The minimum Gasteiger partial charge on any atom is -0.444 e. The van der Waals surface area contributed by atoms with Crippen LogP contribution < -0.4 is 5.32 Å². The Morgan fingerprint density at radius 1 is 1.25 bits per heavy atom. The number of hydrogen-bond acceptors (Lipinski definition) is 5. The molecule has 1 aromatic heterocycles. The van der Waals surface area contributed by atoms with Crippen LogP contribution in [0.5, 0.6) is 0 Å². The maximum absolute atomic E-state index is 12.5. The third-order valence-corrected chi connectivity index (χ3v) is 3.85. The topological polar surface area (TPSA) is 67.4 Å². The number of carbonyl (C=O) groups is 1. The van der Waals surface area contributed by atoms with Gasteiger partial charge in [-0.05, 0) is 46.5 Å². The quantitative estimate of drug-likeness (QED) is 0.725. The van der Waals surface area contributed by atoms with E-state index in [1.807, 2.05) is 20.8 Å². The monoisotopic (exact) mass is 404 g/mol. The van der Waals surface area contributed by atoms with Crippen LogP contribution in [0.4, 0.5) is 23.9 Å². The van der Waals surface area contributed by atoms with Gasteiger partial charge in [0, 0.05) is 31.5 Å². The van der Waals surface area contributed by atoms with Crippen molar-refractivity contribution in [3.05, 3.63) is 18.0 Å². The summed E-state index contributed by atoms with van der Waals surface area (Å²) in [5.41, 5.74) is -1.50. The molecule has 1 fully saturated rings. The minimum absolute atomic E-state index is 0.0837. The zero-order valence-electron chi connectivity index (χ0n) is 17.4. The van der Waals surface area contributed by atoms with Gasteiger partial charge < -0.3 is 15.0 Å². The van der Waals surface area contributed by atoms with E-state index < -0.39 is 23.4 Å². The highest BCUT2D eigenvalue weighted by molar-refractivity contribution is 5.68. The predicted molar refractivity (Wildman–Crippen MR) is 102 cm³/mol. The maximum atomic E-state index is 12.5. The molecule has 0 radical (unpaired) electrons. The molecule has 0 aliphatic heterocycles. The first-order chi connectivity index (χ1) is 13.0. The van der Waals surface area contributed by atoms with Crippen molar-refractivity contribution in [2.45, 2.75) is 72.2 Å². The summed E-state index contributed by atoms with van der Waals surface area (Å²) in [6.45, 7) is 12.2. The average Bonchev–Trinajstić information content (AvgIpc) is 3.41. The summed E-state index contributed by atoms with van der Waals surface area (Å²) < 4.78 is 43.1. The SMILES string of the molecule is CC.C[C@@H](CNc1ncc(C(F)(F)F)cn1)N(CC1CC1)C(=O)OC(C)(C)C. The normalized spacial score (nSPS) is 15.2. The molecular weight excluding hydrogens is 373 g/mol. The fourth-order valence-electron chi connectivity index (χ4n) is 2.25. The number of alkyl halides is 3. The van der Waals surface area contributed by atoms with Crippen LogP contribution in [0.2, 0.25) is 0 Å². The predicted octanol–water partition coefficient (Wildman–Crippen LogP) is 4.97. The van der Waals surface area contributed by atoms with E-state index in [9.17, 15) is 18.0 Å². The molecule has 1 aliphatic rings. The summed E-state index contributed by atoms with van der Waals surface area (Å²) in [7, 11) is 0. The van der Waals surface area contributed by atoms with E-state index in [2.05, 4.69) is 15.3 Å². The highest BCUT2D eigenvalue weighted by Gasteiger charge is 2.33. The lowest BCUT2D eigenvalue weighted by atomic mass is 10.2. The number of anilines is 1. The number of carbonyl (C=O) groups excluding carboxylic acids is 1. The number of aromatic nitrogens is 2. The fraction of sp³-hybridized carbons (Fsp3) is 0.737. The van der Waals surface area contributed by atoms with Crippen molar-refractivity contribution >= 4 is 12.0 Å². The van der Waals surface area contributed by atoms with Crippen LogP contribution >= 0.6 is 0 Å². The van der Waals surface area contributed by atoms with E-state index in [0.29, 0.717) is 19.0 Å². The summed E-state index contributed by atoms with van der Waals surface area (Å²) in [6, 6.07) is -0.226. The van der Waals surface area contributed by atoms with Crippen LogP contribution in [0.25, 0.3) is 0 Å². The summed E-state index contributed by atoms with van der Waals surface area (Å²) >= 11 is 0. The zero-order chi connectivity index (χ0) is 21.5. The average molecular weight is 404 g/mol. The van der Waals surface area contributed by atoms with Gasteiger partial charge in [-0.3, -0.25) is 0 Å². The smallest absolute Gasteiger partial charge is 0.419 e. The van der Waals surface area contributed by atoms with E-state index in [4.69, 9.17) is 4.74 Å². The van der Waals surface area contributed by atoms with Gasteiger partial charge in [-0.2, -0.15) is 13.2 Å². The van der Waals surface area contributed by atoms with E-state index in [1.165, 1.54) is 0 Å². The fourth-order valence-corrected chi connectivity index (χ4v) is 2.25. The molecule has 1 aromatic rings. The Kier molecular flexibility index (Phi) is 8.50. The first-order valence-electron chi connectivity index (χ1n) is 9.58. The van der Waals surface area contributed by atoms with Gasteiger partial charge in [0.15, 0.2) is 0 Å². The van der Waals surface area contributed by atoms with E-state index in [1.54, 1.807) is 25.7 Å². The zero-order valence-corrected chi connectivity index (χ0v) is 17.4. The standard InChI is InChI=1S/C17H25F3N4O2.C2H6/c1-11(7-21-14-22-8-13(9-23-14)17(18,19)20)24(10-12-5-6-12)15(25)26-16(2,3)4;1-2/h8-9,11-12H,5-7,10H2,1-4H3,(H,21,22,23);1-2H3/t11-;/m0./s1. The summed E-state index contributed by atoms with van der Waals surface area (Å²) in [5.74, 6) is 0.563. The van der Waals surface area contributed by atoms with Crippen LogP contribution in [0, 0.1) is 5.92 Å². The van der Waals surface area contributed by atoms with Gasteiger partial charge in [0.25, 0.3) is 0 Å². The lowest BCUT2D eigenvalue weighted by Crippen LogP contribution is -2.46. The van der Waals surface area contributed by atoms with E-state index in [-0.39, 0.29) is 12.0 Å². The number of hydrogen-bond donors (Lipinski definition) is 1. The Balaban J connectivity index is 0.00000190. The largest absolute Gasteiger partial charge is 0.444 e. The molecule has 1 amide bonds. The number of nitrogens with zero attached hydrogens (tertiary/aromatic N) is 3. The first-order valence-corrected chi connectivity index (χ1v) is 9.58. The summed E-state index contributed by atoms with van der Waals surface area (Å²) in [6.07, 6.45) is -1.23. The van der Waals surface area contributed by atoms with Gasteiger partial charge in [0.2, 0.25) is 5.95 Å². The van der Waals surface area contributed by atoms with E-state index >= 15 is 0 Å². The van der Waals surface area contributed by atoms with Gasteiger partial charge in [0.1, 0.15) is 5.60 Å². The maximum Gasteiger partial charge on any atom is 0.419 e. The Labute approximate surface area is 164 Å². The van der Waals surface area contributed by atoms with Gasteiger partial charge in [-0.15, -0.1) is 0 Å². The molecule has 0 saturated heterocycles. The van der Waals surface area contributed by atoms with Crippen LogP contribution in [-0.4, -0.2) is 45.7 Å². The van der Waals surface area contributed by atoms with Gasteiger partial charge in [0.05, 0.1) is 5.56 Å². The first kappa shape index (κ1) is 24.0. The molecule has 160 valence electrons. The molecule has 1 heterocycles. The third kappa shape index (κ3) is 8.31.